The zero-order valence-corrected chi connectivity index (χ0v) is 21.0. The first-order chi connectivity index (χ1) is 14.6. The highest BCUT2D eigenvalue weighted by atomic mass is 79.9. The summed E-state index contributed by atoms with van der Waals surface area (Å²) in [5.74, 6) is -2.21. The van der Waals surface area contributed by atoms with Gasteiger partial charge >= 0.3 is 23.9 Å². The molecule has 0 aromatic carbocycles. The van der Waals surface area contributed by atoms with Gasteiger partial charge in [0.1, 0.15) is 11.3 Å². The number of carbonyl (C=O) groups excluding carboxylic acids is 4. The van der Waals surface area contributed by atoms with Crippen molar-refractivity contribution in [2.24, 2.45) is 0 Å². The molecule has 0 saturated carbocycles. The fraction of sp³-hybridized carbons (Fsp3) is 0.600. The van der Waals surface area contributed by atoms with Crippen LogP contribution in [0.25, 0.3) is 0 Å². The van der Waals surface area contributed by atoms with Crippen LogP contribution < -0.4 is 0 Å². The molecule has 1 aromatic rings. The number of hydrogen-bond donors (Lipinski definition) is 0. The summed E-state index contributed by atoms with van der Waals surface area (Å²) < 4.78 is 25.3. The van der Waals surface area contributed by atoms with E-state index in [9.17, 15) is 19.2 Å². The average Bonchev–Trinajstić information content (AvgIpc) is 3.13. The Balaban J connectivity index is 3.24. The molecule has 0 radical (unpaired) electrons. The second kappa shape index (κ2) is 13.5. The van der Waals surface area contributed by atoms with E-state index in [-0.39, 0.29) is 41.3 Å². The van der Waals surface area contributed by atoms with E-state index in [1.165, 1.54) is 28.1 Å². The van der Waals surface area contributed by atoms with Gasteiger partial charge in [-0.25, -0.2) is 9.59 Å². The zero-order valence-electron chi connectivity index (χ0n) is 17.8. The minimum Gasteiger partial charge on any atom is -0.466 e. The van der Waals surface area contributed by atoms with Crippen LogP contribution in [0.1, 0.15) is 81.4 Å². The van der Waals surface area contributed by atoms with Crippen molar-refractivity contribution >= 4 is 55.7 Å². The van der Waals surface area contributed by atoms with Crippen LogP contribution in [0.15, 0.2) is 4.42 Å². The molecule has 0 saturated heterocycles. The van der Waals surface area contributed by atoms with Crippen molar-refractivity contribution < 1.29 is 42.5 Å². The first-order valence-corrected chi connectivity index (χ1v) is 11.3. The number of furan rings is 1. The van der Waals surface area contributed by atoms with Gasteiger partial charge in [0.25, 0.3) is 0 Å². The summed E-state index contributed by atoms with van der Waals surface area (Å²) in [6.45, 7) is 3.08. The molecular formula is C20H26Br2O9. The zero-order chi connectivity index (χ0) is 23.6. The molecule has 0 N–H and O–H groups in total. The molecule has 0 aliphatic rings. The number of alkyl halides is 2. The molecular weight excluding hydrogens is 544 g/mol. The van der Waals surface area contributed by atoms with E-state index < -0.39 is 16.8 Å². The summed E-state index contributed by atoms with van der Waals surface area (Å²) in [5.41, 5.74) is 0.424. The molecule has 174 valence electrons. The maximum Gasteiger partial charge on any atom is 0.374 e. The first-order valence-electron chi connectivity index (χ1n) is 9.52. The van der Waals surface area contributed by atoms with Crippen molar-refractivity contribution in [2.45, 2.75) is 49.2 Å². The lowest BCUT2D eigenvalue weighted by Crippen LogP contribution is -2.12. The van der Waals surface area contributed by atoms with Crippen molar-refractivity contribution in [2.75, 3.05) is 27.4 Å². The molecule has 31 heavy (non-hydrogen) atoms. The standard InChI is InChI=1S/C20H26Br2O9/c1-11(23)29-9-5-7-13(21)15-16(19(25)27-3)18(20(26)28-4)31-17(15)14(22)8-6-10-30-12(2)24/h13-14H,5-10H2,1-4H3. The van der Waals surface area contributed by atoms with Gasteiger partial charge in [-0.05, 0) is 25.7 Å². The molecule has 0 aliphatic carbocycles. The van der Waals surface area contributed by atoms with Crippen LogP contribution in [-0.2, 0) is 28.5 Å². The predicted octanol–water partition coefficient (Wildman–Crippen LogP) is 4.41. The maximum atomic E-state index is 12.5. The van der Waals surface area contributed by atoms with E-state index in [4.69, 9.17) is 23.4 Å². The van der Waals surface area contributed by atoms with Gasteiger partial charge in [-0.3, -0.25) is 9.59 Å². The molecule has 1 heterocycles. The normalized spacial score (nSPS) is 12.6. The van der Waals surface area contributed by atoms with Crippen LogP contribution in [0.3, 0.4) is 0 Å². The SMILES string of the molecule is COC(=O)c1oc(C(Br)CCCOC(C)=O)c(C(Br)CCCOC(C)=O)c1C(=O)OC. The number of halogens is 2. The second-order valence-corrected chi connectivity index (χ2v) is 8.68. The van der Waals surface area contributed by atoms with Gasteiger partial charge in [-0.15, -0.1) is 0 Å². The lowest BCUT2D eigenvalue weighted by atomic mass is 9.99. The highest BCUT2D eigenvalue weighted by Crippen LogP contribution is 2.43. The number of carbonyl (C=O) groups is 4. The molecule has 0 bridgehead atoms. The van der Waals surface area contributed by atoms with Crippen LogP contribution >= 0.6 is 31.9 Å². The summed E-state index contributed by atoms with van der Waals surface area (Å²) in [6.07, 6.45) is 2.02. The Labute approximate surface area is 197 Å². The average molecular weight is 570 g/mol. The Morgan fingerprint density at radius 3 is 1.77 bits per heavy atom. The van der Waals surface area contributed by atoms with Crippen molar-refractivity contribution in [3.63, 3.8) is 0 Å². The molecule has 2 unspecified atom stereocenters. The minimum absolute atomic E-state index is 0.0249. The van der Waals surface area contributed by atoms with Crippen molar-refractivity contribution in [1.29, 1.82) is 0 Å². The molecule has 11 heteroatoms. The largest absolute Gasteiger partial charge is 0.466 e. The number of hydrogen-bond acceptors (Lipinski definition) is 9. The summed E-state index contributed by atoms with van der Waals surface area (Å²) >= 11 is 7.09. The third-order valence-corrected chi connectivity index (χ3v) is 5.94. The van der Waals surface area contributed by atoms with Crippen molar-refractivity contribution in [3.05, 3.63) is 22.6 Å². The van der Waals surface area contributed by atoms with Gasteiger partial charge in [-0.1, -0.05) is 31.9 Å². The van der Waals surface area contributed by atoms with Gasteiger partial charge in [0.05, 0.1) is 32.3 Å². The number of rotatable bonds is 12. The Hall–Kier alpha value is -1.88. The Kier molecular flexibility index (Phi) is 11.8. The van der Waals surface area contributed by atoms with Crippen LogP contribution in [0.5, 0.6) is 0 Å². The third kappa shape index (κ3) is 8.29. The summed E-state index contributed by atoms with van der Waals surface area (Å²) in [7, 11) is 2.38. The van der Waals surface area contributed by atoms with E-state index in [1.54, 1.807) is 0 Å². The molecule has 9 nitrogen and oxygen atoms in total. The maximum absolute atomic E-state index is 12.5. The van der Waals surface area contributed by atoms with Crippen LogP contribution in [-0.4, -0.2) is 51.3 Å². The monoisotopic (exact) mass is 568 g/mol. The van der Waals surface area contributed by atoms with Gasteiger partial charge in [0.2, 0.25) is 5.76 Å². The van der Waals surface area contributed by atoms with Crippen molar-refractivity contribution in [3.8, 4) is 0 Å². The molecule has 1 rings (SSSR count). The van der Waals surface area contributed by atoms with Crippen LogP contribution in [0.2, 0.25) is 0 Å². The first kappa shape index (κ1) is 27.2. The highest BCUT2D eigenvalue weighted by Gasteiger charge is 2.35. The molecule has 0 fully saturated rings. The fourth-order valence-corrected chi connectivity index (χ4v) is 4.22. The van der Waals surface area contributed by atoms with Crippen LogP contribution in [0, 0.1) is 0 Å². The Bertz CT molecular complexity index is 788. The van der Waals surface area contributed by atoms with Gasteiger partial charge in [-0.2, -0.15) is 0 Å². The summed E-state index contributed by atoms with van der Waals surface area (Å²) in [5, 5.41) is 0. The lowest BCUT2D eigenvalue weighted by Gasteiger charge is -2.15. The quantitative estimate of drug-likeness (QED) is 0.156. The van der Waals surface area contributed by atoms with Crippen molar-refractivity contribution in [1.82, 2.24) is 0 Å². The lowest BCUT2D eigenvalue weighted by molar-refractivity contribution is -0.142. The minimum atomic E-state index is -0.813. The molecule has 0 spiro atoms. The third-order valence-electron chi connectivity index (χ3n) is 4.15. The molecule has 0 aliphatic heterocycles. The number of ether oxygens (including phenoxy) is 4. The van der Waals surface area contributed by atoms with Gasteiger partial charge in [0.15, 0.2) is 0 Å². The molecule has 0 amide bonds. The molecule has 1 aromatic heterocycles. The summed E-state index contributed by atoms with van der Waals surface area (Å²) in [4.78, 5) is 45.9. The van der Waals surface area contributed by atoms with E-state index in [0.29, 0.717) is 37.0 Å². The van der Waals surface area contributed by atoms with Gasteiger partial charge in [0, 0.05) is 24.2 Å². The Morgan fingerprint density at radius 1 is 0.839 bits per heavy atom. The Morgan fingerprint density at radius 2 is 1.32 bits per heavy atom. The predicted molar refractivity (Wildman–Crippen MR) is 116 cm³/mol. The number of esters is 4. The van der Waals surface area contributed by atoms with Crippen LogP contribution in [0.4, 0.5) is 0 Å². The van der Waals surface area contributed by atoms with Gasteiger partial charge < -0.3 is 23.4 Å². The summed E-state index contributed by atoms with van der Waals surface area (Å²) in [6, 6.07) is 0. The van der Waals surface area contributed by atoms with E-state index in [2.05, 4.69) is 31.9 Å². The van der Waals surface area contributed by atoms with E-state index in [0.717, 1.165) is 0 Å². The fourth-order valence-electron chi connectivity index (χ4n) is 2.78. The number of methoxy groups -OCH3 is 2. The molecule has 2 atom stereocenters. The smallest absolute Gasteiger partial charge is 0.374 e. The topological polar surface area (TPSA) is 118 Å². The second-order valence-electron chi connectivity index (χ2n) is 6.47. The van der Waals surface area contributed by atoms with E-state index >= 15 is 0 Å². The highest BCUT2D eigenvalue weighted by molar-refractivity contribution is 9.09. The van der Waals surface area contributed by atoms with E-state index in [1.807, 2.05) is 0 Å².